The van der Waals surface area contributed by atoms with E-state index in [0.717, 1.165) is 25.1 Å². The van der Waals surface area contributed by atoms with Gasteiger partial charge < -0.3 is 15.4 Å². The first-order valence-electron chi connectivity index (χ1n) is 6.62. The standard InChI is InChI=1S/C13H26N2O3S/c1-5-8-15-13(2,12(17)18-4)7-6-9-19-10-11(16)14-3/h15H,5-10H2,1-4H3,(H,14,16). The molecule has 112 valence electrons. The Morgan fingerprint density at radius 3 is 2.58 bits per heavy atom. The molecule has 0 saturated heterocycles. The highest BCUT2D eigenvalue weighted by atomic mass is 32.2. The lowest BCUT2D eigenvalue weighted by molar-refractivity contribution is -0.148. The molecule has 2 N–H and O–H groups in total. The molecule has 0 fully saturated rings. The summed E-state index contributed by atoms with van der Waals surface area (Å²) in [6.45, 7) is 4.72. The third-order valence-electron chi connectivity index (χ3n) is 2.88. The maximum absolute atomic E-state index is 11.8. The van der Waals surface area contributed by atoms with Crippen LogP contribution in [-0.2, 0) is 14.3 Å². The fourth-order valence-corrected chi connectivity index (χ4v) is 2.48. The number of thioether (sulfide) groups is 1. The number of rotatable bonds is 10. The molecule has 6 heteroatoms. The van der Waals surface area contributed by atoms with Crippen molar-refractivity contribution in [3.63, 3.8) is 0 Å². The van der Waals surface area contributed by atoms with Crippen molar-refractivity contribution in [3.05, 3.63) is 0 Å². The molecule has 0 saturated carbocycles. The van der Waals surface area contributed by atoms with Crippen LogP contribution >= 0.6 is 11.8 Å². The largest absolute Gasteiger partial charge is 0.468 e. The fourth-order valence-electron chi connectivity index (χ4n) is 1.65. The number of amides is 1. The summed E-state index contributed by atoms with van der Waals surface area (Å²) in [5.74, 6) is 1.13. The molecule has 1 unspecified atom stereocenters. The van der Waals surface area contributed by atoms with Gasteiger partial charge in [0.05, 0.1) is 12.9 Å². The van der Waals surface area contributed by atoms with E-state index in [-0.39, 0.29) is 11.9 Å². The number of nitrogens with one attached hydrogen (secondary N) is 2. The zero-order valence-corrected chi connectivity index (χ0v) is 13.2. The molecule has 1 amide bonds. The molecule has 0 bridgehead atoms. The molecule has 0 spiro atoms. The van der Waals surface area contributed by atoms with E-state index in [1.54, 1.807) is 18.8 Å². The van der Waals surface area contributed by atoms with Crippen molar-refractivity contribution in [3.8, 4) is 0 Å². The first kappa shape index (κ1) is 18.2. The Morgan fingerprint density at radius 1 is 1.37 bits per heavy atom. The average Bonchev–Trinajstić information content (AvgIpc) is 2.43. The summed E-state index contributed by atoms with van der Waals surface area (Å²) in [5.41, 5.74) is -0.627. The second-order valence-electron chi connectivity index (χ2n) is 4.58. The van der Waals surface area contributed by atoms with Crippen molar-refractivity contribution in [2.75, 3.05) is 32.2 Å². The van der Waals surface area contributed by atoms with Gasteiger partial charge in [0.15, 0.2) is 0 Å². The smallest absolute Gasteiger partial charge is 0.325 e. The number of esters is 1. The predicted molar refractivity (Wildman–Crippen MR) is 79.3 cm³/mol. The Kier molecular flexibility index (Phi) is 9.69. The van der Waals surface area contributed by atoms with E-state index in [2.05, 4.69) is 17.6 Å². The summed E-state index contributed by atoms with van der Waals surface area (Å²) >= 11 is 1.58. The Labute approximate surface area is 120 Å². The van der Waals surface area contributed by atoms with Gasteiger partial charge in [-0.2, -0.15) is 11.8 Å². The van der Waals surface area contributed by atoms with E-state index in [4.69, 9.17) is 4.74 Å². The summed E-state index contributed by atoms with van der Waals surface area (Å²) in [5, 5.41) is 5.83. The second kappa shape index (κ2) is 10.1. The van der Waals surface area contributed by atoms with Crippen LogP contribution in [0.1, 0.15) is 33.1 Å². The van der Waals surface area contributed by atoms with E-state index < -0.39 is 5.54 Å². The summed E-state index contributed by atoms with van der Waals surface area (Å²) < 4.78 is 4.85. The number of methoxy groups -OCH3 is 1. The van der Waals surface area contributed by atoms with Crippen LogP contribution in [0.4, 0.5) is 0 Å². The van der Waals surface area contributed by atoms with E-state index in [1.807, 2.05) is 6.92 Å². The zero-order chi connectivity index (χ0) is 14.7. The van der Waals surface area contributed by atoms with Crippen LogP contribution in [0.15, 0.2) is 0 Å². The van der Waals surface area contributed by atoms with E-state index in [9.17, 15) is 9.59 Å². The van der Waals surface area contributed by atoms with Crippen LogP contribution in [-0.4, -0.2) is 49.6 Å². The number of carbonyl (C=O) groups excluding carboxylic acids is 2. The van der Waals surface area contributed by atoms with Gasteiger partial charge in [0.1, 0.15) is 5.54 Å². The van der Waals surface area contributed by atoms with Crippen molar-refractivity contribution in [1.82, 2.24) is 10.6 Å². The molecule has 5 nitrogen and oxygen atoms in total. The van der Waals surface area contributed by atoms with Crippen LogP contribution in [0.5, 0.6) is 0 Å². The number of hydrogen-bond acceptors (Lipinski definition) is 5. The van der Waals surface area contributed by atoms with E-state index in [0.29, 0.717) is 12.2 Å². The number of hydrogen-bond donors (Lipinski definition) is 2. The predicted octanol–water partition coefficient (Wildman–Crippen LogP) is 1.18. The van der Waals surface area contributed by atoms with Crippen molar-refractivity contribution < 1.29 is 14.3 Å². The summed E-state index contributed by atoms with van der Waals surface area (Å²) in [4.78, 5) is 22.9. The van der Waals surface area contributed by atoms with Crippen molar-refractivity contribution >= 4 is 23.6 Å². The minimum absolute atomic E-state index is 0.0323. The molecule has 0 aromatic rings. The van der Waals surface area contributed by atoms with Gasteiger partial charge in [-0.3, -0.25) is 9.59 Å². The molecule has 0 aliphatic heterocycles. The highest BCUT2D eigenvalue weighted by molar-refractivity contribution is 7.99. The van der Waals surface area contributed by atoms with Gasteiger partial charge in [0.25, 0.3) is 0 Å². The molecule has 0 radical (unpaired) electrons. The summed E-state index contributed by atoms with van der Waals surface area (Å²) in [6.07, 6.45) is 2.54. The van der Waals surface area contributed by atoms with Crippen LogP contribution < -0.4 is 10.6 Å². The lowest BCUT2D eigenvalue weighted by Crippen LogP contribution is -2.50. The molecule has 0 aromatic carbocycles. The van der Waals surface area contributed by atoms with Gasteiger partial charge in [-0.15, -0.1) is 0 Å². The number of carbonyl (C=O) groups is 2. The van der Waals surface area contributed by atoms with E-state index in [1.165, 1.54) is 7.11 Å². The normalized spacial score (nSPS) is 13.7. The Hall–Kier alpha value is -0.750. The van der Waals surface area contributed by atoms with Gasteiger partial charge >= 0.3 is 5.97 Å². The molecule has 0 aliphatic rings. The summed E-state index contributed by atoms with van der Waals surface area (Å²) in [7, 11) is 3.04. The minimum atomic E-state index is -0.627. The van der Waals surface area contributed by atoms with Crippen molar-refractivity contribution in [2.24, 2.45) is 0 Å². The average molecular weight is 290 g/mol. The first-order valence-corrected chi connectivity index (χ1v) is 7.77. The maximum atomic E-state index is 11.8. The van der Waals surface area contributed by atoms with Gasteiger partial charge in [-0.25, -0.2) is 0 Å². The Balaban J connectivity index is 4.06. The Bertz CT molecular complexity index is 287. The van der Waals surface area contributed by atoms with Crippen LogP contribution in [0, 0.1) is 0 Å². The summed E-state index contributed by atoms with van der Waals surface area (Å²) in [6, 6.07) is 0. The molecule has 1 atom stereocenters. The minimum Gasteiger partial charge on any atom is -0.468 e. The van der Waals surface area contributed by atoms with Crippen molar-refractivity contribution in [1.29, 1.82) is 0 Å². The van der Waals surface area contributed by atoms with Crippen LogP contribution in [0.3, 0.4) is 0 Å². The van der Waals surface area contributed by atoms with Gasteiger partial charge in [-0.1, -0.05) is 6.92 Å². The van der Waals surface area contributed by atoms with Crippen molar-refractivity contribution in [2.45, 2.75) is 38.6 Å². The van der Waals surface area contributed by atoms with Crippen LogP contribution in [0.2, 0.25) is 0 Å². The van der Waals surface area contributed by atoms with Crippen LogP contribution in [0.25, 0.3) is 0 Å². The molecule has 19 heavy (non-hydrogen) atoms. The molecule has 0 rings (SSSR count). The molecular formula is C13H26N2O3S. The zero-order valence-electron chi connectivity index (χ0n) is 12.4. The Morgan fingerprint density at radius 2 is 2.05 bits per heavy atom. The molecule has 0 aliphatic carbocycles. The maximum Gasteiger partial charge on any atom is 0.325 e. The molecular weight excluding hydrogens is 264 g/mol. The topological polar surface area (TPSA) is 67.4 Å². The lowest BCUT2D eigenvalue weighted by Gasteiger charge is -2.27. The molecule has 0 heterocycles. The number of ether oxygens (including phenoxy) is 1. The lowest BCUT2D eigenvalue weighted by atomic mass is 9.96. The van der Waals surface area contributed by atoms with Gasteiger partial charge in [0.2, 0.25) is 5.91 Å². The van der Waals surface area contributed by atoms with E-state index >= 15 is 0 Å². The molecule has 0 aromatic heterocycles. The highest BCUT2D eigenvalue weighted by Crippen LogP contribution is 2.17. The quantitative estimate of drug-likeness (QED) is 0.467. The van der Waals surface area contributed by atoms with Gasteiger partial charge in [0, 0.05) is 7.05 Å². The third kappa shape index (κ3) is 7.42. The first-order chi connectivity index (χ1) is 9.00. The monoisotopic (exact) mass is 290 g/mol. The second-order valence-corrected chi connectivity index (χ2v) is 5.68. The highest BCUT2D eigenvalue weighted by Gasteiger charge is 2.32. The third-order valence-corrected chi connectivity index (χ3v) is 3.92. The fraction of sp³-hybridized carbons (Fsp3) is 0.846. The van der Waals surface area contributed by atoms with Gasteiger partial charge in [-0.05, 0) is 38.5 Å². The SMILES string of the molecule is CCCNC(C)(CCCSCC(=O)NC)C(=O)OC.